The predicted octanol–water partition coefficient (Wildman–Crippen LogP) is 22.8. The lowest BCUT2D eigenvalue weighted by molar-refractivity contribution is -0.167. The van der Waals surface area contributed by atoms with E-state index >= 15 is 0 Å². The summed E-state index contributed by atoms with van der Waals surface area (Å²) < 4.78 is 17.0. The SMILES string of the molecule is CC/C=C\C/C=C\C/C=C\C/C=C\C/C=C\CCCCCCCCCCCC(=O)OCC(COC(=O)CCCCCCC/C=C\C/C=C\C/C=C\CC)OC(=O)CCCCCCCCCCCCCCCCCCCCCC. The third-order valence-electron chi connectivity index (χ3n) is 14.3. The number of carbonyl (C=O) groups excluding carboxylic acids is 3. The minimum absolute atomic E-state index is 0.0841. The Balaban J connectivity index is 4.35. The lowest BCUT2D eigenvalue weighted by Gasteiger charge is -2.18. The summed E-state index contributed by atoms with van der Waals surface area (Å²) >= 11 is 0. The van der Waals surface area contributed by atoms with E-state index in [1.54, 1.807) is 0 Å². The smallest absolute Gasteiger partial charge is 0.306 e. The molecular weight excluding hydrogens is 961 g/mol. The average molecular weight is 1090 g/mol. The maximum absolute atomic E-state index is 12.9. The maximum atomic E-state index is 12.9. The molecule has 0 aromatic rings. The van der Waals surface area contributed by atoms with Crippen LogP contribution in [0.1, 0.15) is 323 Å². The first-order valence-electron chi connectivity index (χ1n) is 33.2. The minimum Gasteiger partial charge on any atom is -0.462 e. The third-order valence-corrected chi connectivity index (χ3v) is 14.3. The van der Waals surface area contributed by atoms with E-state index in [0.29, 0.717) is 19.3 Å². The molecule has 0 aromatic heterocycles. The van der Waals surface area contributed by atoms with E-state index in [9.17, 15) is 14.4 Å². The van der Waals surface area contributed by atoms with Crippen molar-refractivity contribution in [2.24, 2.45) is 0 Å². The van der Waals surface area contributed by atoms with Crippen molar-refractivity contribution in [3.05, 3.63) is 97.2 Å². The van der Waals surface area contributed by atoms with Gasteiger partial charge in [0.25, 0.3) is 0 Å². The number of rotatable bonds is 60. The molecule has 0 fully saturated rings. The Hall–Kier alpha value is -3.67. The van der Waals surface area contributed by atoms with Crippen LogP contribution in [0.3, 0.4) is 0 Å². The molecular formula is C72H124O6. The van der Waals surface area contributed by atoms with Crippen molar-refractivity contribution in [2.45, 2.75) is 329 Å². The molecule has 1 unspecified atom stereocenters. The molecule has 0 amide bonds. The normalized spacial score (nSPS) is 12.7. The summed E-state index contributed by atoms with van der Waals surface area (Å²) in [5, 5.41) is 0. The predicted molar refractivity (Wildman–Crippen MR) is 339 cm³/mol. The Kier molecular flexibility index (Phi) is 62.7. The molecule has 0 saturated heterocycles. The van der Waals surface area contributed by atoms with Crippen LogP contribution in [-0.4, -0.2) is 37.2 Å². The second kappa shape index (κ2) is 65.8. The van der Waals surface area contributed by atoms with E-state index in [2.05, 4.69) is 118 Å². The van der Waals surface area contributed by atoms with Crippen molar-refractivity contribution in [3.8, 4) is 0 Å². The van der Waals surface area contributed by atoms with Gasteiger partial charge in [0.2, 0.25) is 0 Å². The van der Waals surface area contributed by atoms with Crippen LogP contribution >= 0.6 is 0 Å². The summed E-state index contributed by atoms with van der Waals surface area (Å²) in [5.74, 6) is -0.892. The highest BCUT2D eigenvalue weighted by Crippen LogP contribution is 2.17. The van der Waals surface area contributed by atoms with Crippen molar-refractivity contribution in [1.82, 2.24) is 0 Å². The van der Waals surface area contributed by atoms with E-state index in [-0.39, 0.29) is 31.1 Å². The highest BCUT2D eigenvalue weighted by Gasteiger charge is 2.19. The molecule has 0 N–H and O–H groups in total. The molecule has 0 spiro atoms. The average Bonchev–Trinajstić information content (AvgIpc) is 3.44. The van der Waals surface area contributed by atoms with Crippen LogP contribution in [0.25, 0.3) is 0 Å². The minimum atomic E-state index is -0.788. The zero-order valence-electron chi connectivity index (χ0n) is 51.4. The lowest BCUT2D eigenvalue weighted by atomic mass is 10.0. The zero-order valence-corrected chi connectivity index (χ0v) is 51.4. The van der Waals surface area contributed by atoms with Gasteiger partial charge in [-0.3, -0.25) is 14.4 Å². The fourth-order valence-corrected chi connectivity index (χ4v) is 9.43. The fraction of sp³-hybridized carbons (Fsp3) is 0.736. The number of esters is 3. The van der Waals surface area contributed by atoms with Gasteiger partial charge in [-0.05, 0) is 96.3 Å². The van der Waals surface area contributed by atoms with Gasteiger partial charge < -0.3 is 14.2 Å². The first-order chi connectivity index (χ1) is 38.5. The van der Waals surface area contributed by atoms with Gasteiger partial charge in [0, 0.05) is 19.3 Å². The van der Waals surface area contributed by atoms with Gasteiger partial charge in [-0.15, -0.1) is 0 Å². The van der Waals surface area contributed by atoms with Crippen LogP contribution in [0.5, 0.6) is 0 Å². The Bertz CT molecular complexity index is 1530. The van der Waals surface area contributed by atoms with Gasteiger partial charge in [-0.1, -0.05) is 304 Å². The number of carbonyl (C=O) groups is 3. The van der Waals surface area contributed by atoms with Crippen LogP contribution in [0.4, 0.5) is 0 Å². The van der Waals surface area contributed by atoms with Gasteiger partial charge in [-0.2, -0.15) is 0 Å². The van der Waals surface area contributed by atoms with E-state index in [4.69, 9.17) is 14.2 Å². The van der Waals surface area contributed by atoms with Crippen LogP contribution in [0, 0.1) is 0 Å². The van der Waals surface area contributed by atoms with Crippen molar-refractivity contribution in [3.63, 3.8) is 0 Å². The first-order valence-corrected chi connectivity index (χ1v) is 33.2. The quantitative estimate of drug-likeness (QED) is 0.0261. The van der Waals surface area contributed by atoms with E-state index in [1.165, 1.54) is 148 Å². The van der Waals surface area contributed by atoms with Gasteiger partial charge in [0.15, 0.2) is 6.10 Å². The number of hydrogen-bond donors (Lipinski definition) is 0. The third kappa shape index (κ3) is 63.2. The highest BCUT2D eigenvalue weighted by molar-refractivity contribution is 5.71. The molecule has 0 rings (SSSR count). The van der Waals surface area contributed by atoms with E-state index in [1.807, 2.05) is 0 Å². The first kappa shape index (κ1) is 74.3. The van der Waals surface area contributed by atoms with Crippen molar-refractivity contribution < 1.29 is 28.6 Å². The van der Waals surface area contributed by atoms with Crippen LogP contribution < -0.4 is 0 Å². The summed E-state index contributed by atoms with van der Waals surface area (Å²) in [4.78, 5) is 38.4. The summed E-state index contributed by atoms with van der Waals surface area (Å²) in [6.45, 7) is 6.44. The zero-order chi connectivity index (χ0) is 56.4. The molecule has 0 heterocycles. The van der Waals surface area contributed by atoms with Gasteiger partial charge in [-0.25, -0.2) is 0 Å². The number of allylic oxidation sites excluding steroid dienone is 16. The van der Waals surface area contributed by atoms with Crippen molar-refractivity contribution >= 4 is 17.9 Å². The maximum Gasteiger partial charge on any atom is 0.306 e. The molecule has 0 aliphatic heterocycles. The van der Waals surface area contributed by atoms with Gasteiger partial charge in [0.1, 0.15) is 13.2 Å². The van der Waals surface area contributed by atoms with Crippen molar-refractivity contribution in [2.75, 3.05) is 13.2 Å². The van der Waals surface area contributed by atoms with E-state index < -0.39 is 6.10 Å². The number of unbranched alkanes of at least 4 members (excludes halogenated alkanes) is 33. The fourth-order valence-electron chi connectivity index (χ4n) is 9.43. The van der Waals surface area contributed by atoms with Gasteiger partial charge >= 0.3 is 17.9 Å². The van der Waals surface area contributed by atoms with Crippen molar-refractivity contribution in [1.29, 1.82) is 0 Å². The molecule has 78 heavy (non-hydrogen) atoms. The van der Waals surface area contributed by atoms with Crippen LogP contribution in [0.2, 0.25) is 0 Å². The van der Waals surface area contributed by atoms with Crippen LogP contribution in [-0.2, 0) is 28.6 Å². The Labute approximate surface area is 483 Å². The summed E-state index contributed by atoms with van der Waals surface area (Å²) in [5.41, 5.74) is 0. The molecule has 0 aliphatic rings. The standard InChI is InChI=1S/C72H124O6/c1-4-7-10-13-16-19-22-25-28-30-32-34-35-36-37-38-40-41-44-47-50-53-56-59-62-65-71(74)77-68-69(67-76-70(73)64-61-58-55-52-49-46-43-27-24-21-18-15-12-9-6-3)78-72(75)66-63-60-57-54-51-48-45-42-39-33-31-29-26-23-20-17-14-11-8-5-2/h7,9-10,12,16,18-19,21,25,27-28,32,34,36-37,43,69H,4-6,8,11,13-15,17,20,22-24,26,29-31,33,35,38-42,44-68H2,1-3H3/b10-7-,12-9-,19-16-,21-18-,28-25-,34-32-,37-36-,43-27-. The second-order valence-electron chi connectivity index (χ2n) is 22.0. The molecule has 0 radical (unpaired) electrons. The molecule has 0 saturated carbocycles. The monoisotopic (exact) mass is 1080 g/mol. The molecule has 0 aromatic carbocycles. The molecule has 6 heteroatoms. The van der Waals surface area contributed by atoms with Crippen LogP contribution in [0.15, 0.2) is 97.2 Å². The largest absolute Gasteiger partial charge is 0.462 e. The molecule has 6 nitrogen and oxygen atoms in total. The Morgan fingerprint density at radius 3 is 0.782 bits per heavy atom. The van der Waals surface area contributed by atoms with Gasteiger partial charge in [0.05, 0.1) is 0 Å². The topological polar surface area (TPSA) is 78.9 Å². The Morgan fingerprint density at radius 2 is 0.500 bits per heavy atom. The summed E-state index contributed by atoms with van der Waals surface area (Å²) in [6.07, 6.45) is 88.5. The molecule has 448 valence electrons. The number of hydrogen-bond acceptors (Lipinski definition) is 6. The highest BCUT2D eigenvalue weighted by atomic mass is 16.6. The molecule has 0 bridgehead atoms. The number of ether oxygens (including phenoxy) is 3. The van der Waals surface area contributed by atoms with E-state index in [0.717, 1.165) is 135 Å². The Morgan fingerprint density at radius 1 is 0.269 bits per heavy atom. The lowest BCUT2D eigenvalue weighted by Crippen LogP contribution is -2.30. The summed E-state index contributed by atoms with van der Waals surface area (Å²) in [7, 11) is 0. The second-order valence-corrected chi connectivity index (χ2v) is 22.0. The molecule has 1 atom stereocenters. The molecule has 0 aliphatic carbocycles. The summed E-state index contributed by atoms with van der Waals surface area (Å²) in [6, 6.07) is 0.